The molecule has 1 aliphatic heterocycles. The van der Waals surface area contributed by atoms with E-state index >= 15 is 0 Å². The number of amides is 2. The van der Waals surface area contributed by atoms with Crippen LogP contribution in [0.5, 0.6) is 5.75 Å². The number of hydrogen-bond acceptors (Lipinski definition) is 6. The second kappa shape index (κ2) is 6.54. The van der Waals surface area contributed by atoms with Crippen molar-refractivity contribution in [1.82, 2.24) is 4.90 Å². The molecule has 3 fully saturated rings. The van der Waals surface area contributed by atoms with Gasteiger partial charge in [0.2, 0.25) is 11.8 Å². The Morgan fingerprint density at radius 3 is 2.14 bits per heavy atom. The Kier molecular flexibility index (Phi) is 4.08. The molecule has 2 saturated carbocycles. The molecule has 5 aliphatic rings. The van der Waals surface area contributed by atoms with E-state index in [1.165, 1.54) is 7.11 Å². The zero-order valence-electron chi connectivity index (χ0n) is 15.9. The van der Waals surface area contributed by atoms with Gasteiger partial charge >= 0.3 is 5.97 Å². The van der Waals surface area contributed by atoms with Gasteiger partial charge in [0.1, 0.15) is 12.3 Å². The van der Waals surface area contributed by atoms with Crippen LogP contribution in [-0.2, 0) is 19.1 Å². The minimum atomic E-state index is -0.752. The summed E-state index contributed by atoms with van der Waals surface area (Å²) in [5.74, 6) is -0.473. The van der Waals surface area contributed by atoms with Gasteiger partial charge < -0.3 is 9.47 Å². The number of Topliss-reactive ketones (excluding diaryl/α,β-unsaturated/α-hetero) is 1. The van der Waals surface area contributed by atoms with Gasteiger partial charge in [-0.2, -0.15) is 0 Å². The molecule has 0 aromatic heterocycles. The van der Waals surface area contributed by atoms with E-state index in [1.54, 1.807) is 24.3 Å². The summed E-state index contributed by atoms with van der Waals surface area (Å²) in [6.07, 6.45) is 5.26. The minimum absolute atomic E-state index is 0.115. The van der Waals surface area contributed by atoms with Crippen LogP contribution >= 0.6 is 0 Å². The maximum atomic E-state index is 12.8. The number of rotatable bonds is 6. The van der Waals surface area contributed by atoms with Gasteiger partial charge in [0.05, 0.1) is 18.9 Å². The number of methoxy groups -OCH3 is 1. The van der Waals surface area contributed by atoms with E-state index in [0.29, 0.717) is 23.1 Å². The van der Waals surface area contributed by atoms with Crippen molar-refractivity contribution in [3.8, 4) is 5.75 Å². The van der Waals surface area contributed by atoms with Crippen molar-refractivity contribution >= 4 is 23.6 Å². The number of nitrogens with zero attached hydrogens (tertiary/aromatic N) is 1. The van der Waals surface area contributed by atoms with Gasteiger partial charge in [0.15, 0.2) is 12.4 Å². The van der Waals surface area contributed by atoms with Crippen molar-refractivity contribution in [1.29, 1.82) is 0 Å². The topological polar surface area (TPSA) is 90.0 Å². The summed E-state index contributed by atoms with van der Waals surface area (Å²) < 4.78 is 10.1. The summed E-state index contributed by atoms with van der Waals surface area (Å²) in [7, 11) is 1.53. The van der Waals surface area contributed by atoms with Crippen LogP contribution < -0.4 is 4.74 Å². The Labute approximate surface area is 167 Å². The molecule has 7 nitrogen and oxygen atoms in total. The summed E-state index contributed by atoms with van der Waals surface area (Å²) in [6.45, 7) is -0.874. The first-order valence-electron chi connectivity index (χ1n) is 9.86. The second-order valence-electron chi connectivity index (χ2n) is 8.23. The molecular weight excluding hydrogens is 374 g/mol. The molecule has 6 atom stereocenters. The largest absolute Gasteiger partial charge is 0.497 e. The number of hydrogen-bond donors (Lipinski definition) is 0. The molecule has 0 spiro atoms. The Bertz CT molecular complexity index is 899. The van der Waals surface area contributed by atoms with Crippen molar-refractivity contribution in [2.75, 3.05) is 20.3 Å². The summed E-state index contributed by atoms with van der Waals surface area (Å²) in [5.41, 5.74) is 0.389. The van der Waals surface area contributed by atoms with Crippen LogP contribution in [0.15, 0.2) is 36.4 Å². The molecule has 29 heavy (non-hydrogen) atoms. The van der Waals surface area contributed by atoms with Crippen molar-refractivity contribution in [2.24, 2.45) is 35.5 Å². The van der Waals surface area contributed by atoms with E-state index in [0.717, 1.165) is 11.3 Å². The lowest BCUT2D eigenvalue weighted by Gasteiger charge is -2.37. The standard InChI is InChI=1S/C22H21NO6/c1-28-12-4-2-11(3-5-12)17(24)10-29-18(25)9-23-21(26)19-13-6-7-14(16-8-15(13)16)20(19)22(23)27/h2-7,13-16,19-20H,8-10H2,1H3/t13-,14+,15-,16+,19+,20-. The Balaban J connectivity index is 1.20. The number of allylic oxidation sites excluding steroid dienone is 2. The highest BCUT2D eigenvalue weighted by Gasteiger charge is 2.67. The summed E-state index contributed by atoms with van der Waals surface area (Å²) in [5, 5.41) is 0. The van der Waals surface area contributed by atoms with Crippen LogP contribution in [0.2, 0.25) is 0 Å². The maximum absolute atomic E-state index is 12.8. The Morgan fingerprint density at radius 1 is 1.00 bits per heavy atom. The molecule has 1 saturated heterocycles. The Morgan fingerprint density at radius 2 is 1.59 bits per heavy atom. The van der Waals surface area contributed by atoms with Crippen LogP contribution in [-0.4, -0.2) is 48.7 Å². The summed E-state index contributed by atoms with van der Waals surface area (Å²) in [6, 6.07) is 6.46. The van der Waals surface area contributed by atoms with E-state index in [9.17, 15) is 19.2 Å². The van der Waals surface area contributed by atoms with Crippen LogP contribution in [0.1, 0.15) is 16.8 Å². The van der Waals surface area contributed by atoms with E-state index in [-0.39, 0.29) is 41.3 Å². The minimum Gasteiger partial charge on any atom is -0.497 e. The second-order valence-corrected chi connectivity index (χ2v) is 8.23. The van der Waals surface area contributed by atoms with Gasteiger partial charge in [-0.1, -0.05) is 12.2 Å². The number of ketones is 1. The van der Waals surface area contributed by atoms with Crippen molar-refractivity contribution in [2.45, 2.75) is 6.42 Å². The van der Waals surface area contributed by atoms with Crippen molar-refractivity contribution in [3.05, 3.63) is 42.0 Å². The fourth-order valence-corrected chi connectivity index (χ4v) is 5.36. The predicted molar refractivity (Wildman–Crippen MR) is 99.7 cm³/mol. The third-order valence-electron chi connectivity index (χ3n) is 6.82. The molecule has 2 bridgehead atoms. The fourth-order valence-electron chi connectivity index (χ4n) is 5.36. The molecule has 150 valence electrons. The number of carbonyl (C=O) groups is 4. The van der Waals surface area contributed by atoms with Gasteiger partial charge in [0.25, 0.3) is 0 Å². The van der Waals surface area contributed by atoms with Crippen molar-refractivity contribution in [3.63, 3.8) is 0 Å². The molecule has 0 unspecified atom stereocenters. The molecule has 2 amide bonds. The van der Waals surface area contributed by atoms with E-state index in [4.69, 9.17) is 9.47 Å². The predicted octanol–water partition coefficient (Wildman–Crippen LogP) is 1.47. The lowest BCUT2D eigenvalue weighted by Crippen LogP contribution is -2.40. The molecule has 1 aromatic carbocycles. The smallest absolute Gasteiger partial charge is 0.326 e. The van der Waals surface area contributed by atoms with E-state index < -0.39 is 19.1 Å². The zero-order chi connectivity index (χ0) is 20.3. The normalized spacial score (nSPS) is 33.3. The number of esters is 1. The van der Waals surface area contributed by atoms with Gasteiger partial charge in [0, 0.05) is 5.56 Å². The number of benzene rings is 1. The molecule has 4 aliphatic carbocycles. The average molecular weight is 395 g/mol. The third-order valence-corrected chi connectivity index (χ3v) is 6.82. The van der Waals surface area contributed by atoms with Crippen LogP contribution in [0.25, 0.3) is 0 Å². The highest BCUT2D eigenvalue weighted by atomic mass is 16.5. The van der Waals surface area contributed by atoms with Crippen LogP contribution in [0.4, 0.5) is 0 Å². The molecule has 0 radical (unpaired) electrons. The average Bonchev–Trinajstić information content (AvgIpc) is 3.53. The van der Waals surface area contributed by atoms with Gasteiger partial charge in [-0.05, 0) is 54.4 Å². The molecule has 1 aromatic rings. The quantitative estimate of drug-likeness (QED) is 0.314. The lowest BCUT2D eigenvalue weighted by atomic mass is 9.63. The summed E-state index contributed by atoms with van der Waals surface area (Å²) in [4.78, 5) is 51.1. The van der Waals surface area contributed by atoms with Gasteiger partial charge in [-0.15, -0.1) is 0 Å². The van der Waals surface area contributed by atoms with Gasteiger partial charge in [-0.3, -0.25) is 24.1 Å². The SMILES string of the molecule is COc1ccc(C(=O)COC(=O)CN2C(=O)[C@@H]3[C@H]4C=C[C@H]([C@H]5C[C@@H]45)[C@@H]3C2=O)cc1. The number of ether oxygens (including phenoxy) is 2. The van der Waals surface area contributed by atoms with Crippen LogP contribution in [0, 0.1) is 35.5 Å². The number of likely N-dealkylation sites (tertiary alicyclic amines) is 1. The maximum Gasteiger partial charge on any atom is 0.326 e. The molecule has 7 heteroatoms. The Hall–Kier alpha value is -2.96. The van der Waals surface area contributed by atoms with Crippen molar-refractivity contribution < 1.29 is 28.7 Å². The first-order chi connectivity index (χ1) is 14.0. The highest BCUT2D eigenvalue weighted by molar-refractivity contribution is 6.08. The molecular formula is C22H21NO6. The molecule has 6 rings (SSSR count). The number of carbonyl (C=O) groups excluding carboxylic acids is 4. The van der Waals surface area contributed by atoms with Crippen LogP contribution in [0.3, 0.4) is 0 Å². The molecule has 1 heterocycles. The third kappa shape index (κ3) is 2.79. The first kappa shape index (κ1) is 18.1. The lowest BCUT2D eigenvalue weighted by molar-refractivity contribution is -0.152. The van der Waals surface area contributed by atoms with E-state index in [2.05, 4.69) is 12.2 Å². The van der Waals surface area contributed by atoms with Gasteiger partial charge in [-0.25, -0.2) is 0 Å². The first-order valence-corrected chi connectivity index (χ1v) is 9.86. The fraction of sp³-hybridized carbons (Fsp3) is 0.455. The highest BCUT2D eigenvalue weighted by Crippen LogP contribution is 2.65. The number of imide groups is 1. The molecule has 0 N–H and O–H groups in total. The summed E-state index contributed by atoms with van der Waals surface area (Å²) >= 11 is 0. The van der Waals surface area contributed by atoms with E-state index in [1.807, 2.05) is 0 Å². The zero-order valence-corrected chi connectivity index (χ0v) is 15.9. The monoisotopic (exact) mass is 395 g/mol.